The van der Waals surface area contributed by atoms with Crippen LogP contribution in [0.5, 0.6) is 0 Å². The van der Waals surface area contributed by atoms with Gasteiger partial charge in [-0.25, -0.2) is 4.79 Å². The summed E-state index contributed by atoms with van der Waals surface area (Å²) in [5.74, 6) is -0.571. The molecular weight excluding hydrogens is 238 g/mol. The molecule has 18 heavy (non-hydrogen) atoms. The third-order valence-electron chi connectivity index (χ3n) is 2.38. The number of carbonyl (C=O) groups is 1. The predicted molar refractivity (Wildman–Crippen MR) is 61.6 cm³/mol. The lowest BCUT2D eigenvalue weighted by Gasteiger charge is -2.07. The highest BCUT2D eigenvalue weighted by Gasteiger charge is 2.19. The van der Waals surface area contributed by atoms with Gasteiger partial charge in [0.2, 0.25) is 0 Å². The monoisotopic (exact) mass is 247 g/mol. The first kappa shape index (κ1) is 11.8. The van der Waals surface area contributed by atoms with Crippen molar-refractivity contribution in [2.24, 2.45) is 0 Å². The van der Waals surface area contributed by atoms with Crippen molar-refractivity contribution in [1.29, 1.82) is 0 Å². The summed E-state index contributed by atoms with van der Waals surface area (Å²) in [6, 6.07) is 4.39. The molecule has 0 atom stereocenters. The summed E-state index contributed by atoms with van der Waals surface area (Å²) >= 11 is 0. The number of nitrogens with zero attached hydrogens (tertiary/aromatic N) is 3. The van der Waals surface area contributed by atoms with E-state index in [1.54, 1.807) is 6.07 Å². The Kier molecular flexibility index (Phi) is 3.05. The SMILES string of the molecule is COC(=O)c1cccn1-c1cnccc1[N+](=O)[O-]. The van der Waals surface area contributed by atoms with Crippen molar-refractivity contribution in [2.45, 2.75) is 0 Å². The Labute approximate surface area is 102 Å². The Balaban J connectivity index is 2.60. The fraction of sp³-hybridized carbons (Fsp3) is 0.0909. The fourth-order valence-corrected chi connectivity index (χ4v) is 1.58. The second-order valence-corrected chi connectivity index (χ2v) is 3.38. The molecule has 0 N–H and O–H groups in total. The van der Waals surface area contributed by atoms with Crippen LogP contribution in [0.25, 0.3) is 5.69 Å². The molecule has 0 fully saturated rings. The molecule has 0 spiro atoms. The van der Waals surface area contributed by atoms with Crippen LogP contribution in [0.15, 0.2) is 36.8 Å². The number of esters is 1. The lowest BCUT2D eigenvalue weighted by molar-refractivity contribution is -0.384. The standard InChI is InChI=1S/C11H9N3O4/c1-18-11(15)9-3-2-6-13(9)10-7-12-5-4-8(10)14(16)17/h2-7H,1H3. The third-order valence-corrected chi connectivity index (χ3v) is 2.38. The van der Waals surface area contributed by atoms with E-state index in [2.05, 4.69) is 9.72 Å². The molecule has 92 valence electrons. The Morgan fingerprint density at radius 1 is 1.50 bits per heavy atom. The van der Waals surface area contributed by atoms with Gasteiger partial charge in [-0.1, -0.05) is 0 Å². The molecule has 2 heterocycles. The van der Waals surface area contributed by atoms with Gasteiger partial charge in [-0.2, -0.15) is 0 Å². The number of nitro groups is 1. The minimum absolute atomic E-state index is 0.133. The zero-order chi connectivity index (χ0) is 13.1. The zero-order valence-corrected chi connectivity index (χ0v) is 9.44. The molecule has 7 nitrogen and oxygen atoms in total. The maximum atomic E-state index is 11.5. The first-order chi connectivity index (χ1) is 8.65. The van der Waals surface area contributed by atoms with Crippen molar-refractivity contribution in [3.63, 3.8) is 0 Å². The molecule has 0 aliphatic heterocycles. The fourth-order valence-electron chi connectivity index (χ4n) is 1.58. The van der Waals surface area contributed by atoms with E-state index in [0.29, 0.717) is 0 Å². The highest BCUT2D eigenvalue weighted by molar-refractivity contribution is 5.88. The van der Waals surface area contributed by atoms with Gasteiger partial charge in [0.15, 0.2) is 0 Å². The summed E-state index contributed by atoms with van der Waals surface area (Å²) in [6.07, 6.45) is 4.18. The Morgan fingerprint density at radius 3 is 2.94 bits per heavy atom. The number of hydrogen-bond acceptors (Lipinski definition) is 5. The summed E-state index contributed by atoms with van der Waals surface area (Å²) in [4.78, 5) is 25.7. The average Bonchev–Trinajstić information content (AvgIpc) is 2.86. The zero-order valence-electron chi connectivity index (χ0n) is 9.44. The van der Waals surface area contributed by atoms with Crippen LogP contribution in [0.2, 0.25) is 0 Å². The molecule has 0 unspecified atom stereocenters. The Hall–Kier alpha value is -2.70. The van der Waals surface area contributed by atoms with Crippen LogP contribution >= 0.6 is 0 Å². The molecule has 2 aromatic rings. The lowest BCUT2D eigenvalue weighted by Crippen LogP contribution is -2.10. The maximum absolute atomic E-state index is 11.5. The minimum Gasteiger partial charge on any atom is -0.464 e. The number of methoxy groups -OCH3 is 1. The van der Waals surface area contributed by atoms with Gasteiger partial charge >= 0.3 is 5.97 Å². The van der Waals surface area contributed by atoms with Crippen LogP contribution in [0.3, 0.4) is 0 Å². The third kappa shape index (κ3) is 1.93. The molecular formula is C11H9N3O4. The predicted octanol–water partition coefficient (Wildman–Crippen LogP) is 1.57. The molecule has 0 aliphatic carbocycles. The van der Waals surface area contributed by atoms with Crippen LogP contribution in [-0.2, 0) is 4.74 Å². The van der Waals surface area contributed by atoms with Gasteiger partial charge in [-0.15, -0.1) is 0 Å². The molecule has 0 aliphatic rings. The molecule has 0 radical (unpaired) electrons. The van der Waals surface area contributed by atoms with Gasteiger partial charge < -0.3 is 9.30 Å². The quantitative estimate of drug-likeness (QED) is 0.466. The molecule has 2 aromatic heterocycles. The van der Waals surface area contributed by atoms with Gasteiger partial charge in [0.1, 0.15) is 11.4 Å². The first-order valence-electron chi connectivity index (χ1n) is 4.99. The number of pyridine rings is 1. The van der Waals surface area contributed by atoms with Gasteiger partial charge in [-0.3, -0.25) is 15.1 Å². The highest BCUT2D eigenvalue weighted by atomic mass is 16.6. The minimum atomic E-state index is -0.571. The van der Waals surface area contributed by atoms with Crippen LogP contribution in [0.4, 0.5) is 5.69 Å². The van der Waals surface area contributed by atoms with E-state index in [1.807, 2.05) is 0 Å². The molecule has 0 saturated heterocycles. The molecule has 0 amide bonds. The highest BCUT2D eigenvalue weighted by Crippen LogP contribution is 2.23. The van der Waals surface area contributed by atoms with Crippen molar-refractivity contribution in [3.05, 3.63) is 52.6 Å². The van der Waals surface area contributed by atoms with Gasteiger partial charge in [0.05, 0.1) is 18.2 Å². The topological polar surface area (TPSA) is 87.3 Å². The largest absolute Gasteiger partial charge is 0.464 e. The van der Waals surface area contributed by atoms with Gasteiger partial charge in [0.25, 0.3) is 5.69 Å². The van der Waals surface area contributed by atoms with E-state index in [-0.39, 0.29) is 17.1 Å². The van der Waals surface area contributed by atoms with E-state index >= 15 is 0 Å². The lowest BCUT2D eigenvalue weighted by atomic mass is 10.3. The molecule has 0 aromatic carbocycles. The molecule has 7 heteroatoms. The Bertz CT molecular complexity index is 606. The second-order valence-electron chi connectivity index (χ2n) is 3.38. The van der Waals surface area contributed by atoms with E-state index < -0.39 is 10.9 Å². The van der Waals surface area contributed by atoms with Crippen LogP contribution in [0.1, 0.15) is 10.5 Å². The van der Waals surface area contributed by atoms with E-state index in [9.17, 15) is 14.9 Å². The van der Waals surface area contributed by atoms with E-state index in [1.165, 1.54) is 42.4 Å². The smallest absolute Gasteiger partial charge is 0.355 e. The number of rotatable bonds is 3. The number of aromatic nitrogens is 2. The molecule has 0 bridgehead atoms. The summed E-state index contributed by atoms with van der Waals surface area (Å²) < 4.78 is 5.98. The summed E-state index contributed by atoms with van der Waals surface area (Å²) in [5, 5.41) is 10.9. The maximum Gasteiger partial charge on any atom is 0.355 e. The van der Waals surface area contributed by atoms with Crippen molar-refractivity contribution < 1.29 is 14.5 Å². The van der Waals surface area contributed by atoms with Gasteiger partial charge in [-0.05, 0) is 12.1 Å². The van der Waals surface area contributed by atoms with Gasteiger partial charge in [0, 0.05) is 18.5 Å². The summed E-state index contributed by atoms with van der Waals surface area (Å²) in [5.41, 5.74) is 0.285. The van der Waals surface area contributed by atoms with Crippen LogP contribution < -0.4 is 0 Å². The normalized spacial score (nSPS) is 10.1. The van der Waals surface area contributed by atoms with Crippen molar-refractivity contribution >= 4 is 11.7 Å². The molecule has 0 saturated carbocycles. The van der Waals surface area contributed by atoms with E-state index in [4.69, 9.17) is 0 Å². The number of carbonyl (C=O) groups excluding carboxylic acids is 1. The Morgan fingerprint density at radius 2 is 2.28 bits per heavy atom. The summed E-state index contributed by atoms with van der Waals surface area (Å²) in [6.45, 7) is 0. The van der Waals surface area contributed by atoms with Crippen molar-refractivity contribution in [2.75, 3.05) is 7.11 Å². The second kappa shape index (κ2) is 4.66. The first-order valence-corrected chi connectivity index (χ1v) is 4.99. The van der Waals surface area contributed by atoms with Crippen LogP contribution in [0, 0.1) is 10.1 Å². The number of ether oxygens (including phenoxy) is 1. The average molecular weight is 247 g/mol. The summed E-state index contributed by atoms with van der Waals surface area (Å²) in [7, 11) is 1.25. The molecule has 2 rings (SSSR count). The van der Waals surface area contributed by atoms with E-state index in [0.717, 1.165) is 0 Å². The van der Waals surface area contributed by atoms with Crippen molar-refractivity contribution in [1.82, 2.24) is 9.55 Å². The van der Waals surface area contributed by atoms with Crippen molar-refractivity contribution in [3.8, 4) is 5.69 Å². The van der Waals surface area contributed by atoms with Crippen LogP contribution in [-0.4, -0.2) is 27.6 Å². The number of hydrogen-bond donors (Lipinski definition) is 0.